The van der Waals surface area contributed by atoms with Gasteiger partial charge in [0.05, 0.1) is 6.54 Å². The van der Waals surface area contributed by atoms with Crippen LogP contribution < -0.4 is 10.0 Å². The van der Waals surface area contributed by atoms with Gasteiger partial charge in [0.1, 0.15) is 9.09 Å². The number of amides is 1. The monoisotopic (exact) mass is 333 g/mol. The summed E-state index contributed by atoms with van der Waals surface area (Å²) in [7, 11) is -3.86. The molecule has 2 heterocycles. The molecular weight excluding hydrogens is 318 g/mol. The van der Waals surface area contributed by atoms with Crippen molar-refractivity contribution < 1.29 is 23.1 Å². The summed E-state index contributed by atoms with van der Waals surface area (Å²) in [6.07, 6.45) is 0. The second-order valence-corrected chi connectivity index (χ2v) is 7.46. The average Bonchev–Trinajstić information content (AvgIpc) is 2.97. The quantitative estimate of drug-likeness (QED) is 0.647. The maximum absolute atomic E-state index is 12.0. The molecule has 0 atom stereocenters. The maximum Gasteiger partial charge on any atom is 0.345 e. The first-order valence-corrected chi connectivity index (χ1v) is 8.51. The van der Waals surface area contributed by atoms with E-state index in [0.29, 0.717) is 37.5 Å². The van der Waals surface area contributed by atoms with Crippen molar-refractivity contribution in [3.05, 3.63) is 17.0 Å². The molecule has 1 aliphatic heterocycles. The van der Waals surface area contributed by atoms with E-state index in [4.69, 9.17) is 5.11 Å². The Morgan fingerprint density at radius 1 is 1.33 bits per heavy atom. The first-order chi connectivity index (χ1) is 9.90. The molecule has 1 saturated heterocycles. The number of nitrogens with one attached hydrogen (secondary N) is 2. The Hall–Kier alpha value is -1.49. The minimum absolute atomic E-state index is 0.0659. The number of hydrogen-bond acceptors (Lipinski definition) is 6. The Balaban J connectivity index is 1.97. The molecule has 1 aromatic rings. The Bertz CT molecular complexity index is 634. The van der Waals surface area contributed by atoms with Gasteiger partial charge in [0, 0.05) is 26.2 Å². The van der Waals surface area contributed by atoms with Crippen LogP contribution in [0.4, 0.5) is 0 Å². The molecule has 1 amide bonds. The van der Waals surface area contributed by atoms with Crippen LogP contribution in [-0.2, 0) is 14.8 Å². The number of sulfonamides is 1. The largest absolute Gasteiger partial charge is 0.477 e. The molecular formula is C11H15N3O5S2. The number of piperazine rings is 1. The van der Waals surface area contributed by atoms with Gasteiger partial charge in [0.2, 0.25) is 5.91 Å². The van der Waals surface area contributed by atoms with Gasteiger partial charge in [0.15, 0.2) is 0 Å². The van der Waals surface area contributed by atoms with Crippen LogP contribution in [0.3, 0.4) is 0 Å². The smallest absolute Gasteiger partial charge is 0.345 e. The standard InChI is InChI=1S/C11H15N3O5S2/c15-9(14-5-3-12-4-6-14)7-13-21(18,19)10-2-1-8(20-10)11(16)17/h1-2,12-13H,3-7H2,(H,16,17). The van der Waals surface area contributed by atoms with Crippen LogP contribution in [0.25, 0.3) is 0 Å². The van der Waals surface area contributed by atoms with Crippen LogP contribution in [0.1, 0.15) is 9.67 Å². The van der Waals surface area contributed by atoms with Crippen molar-refractivity contribution in [2.45, 2.75) is 4.21 Å². The highest BCUT2D eigenvalue weighted by Crippen LogP contribution is 2.21. The summed E-state index contributed by atoms with van der Waals surface area (Å²) in [6, 6.07) is 2.44. The third-order valence-electron chi connectivity index (χ3n) is 2.94. The fourth-order valence-corrected chi connectivity index (χ4v) is 4.00. The van der Waals surface area contributed by atoms with E-state index in [-0.39, 0.29) is 21.5 Å². The zero-order valence-corrected chi connectivity index (χ0v) is 12.7. The summed E-state index contributed by atoms with van der Waals surface area (Å²) in [5.41, 5.74) is 0. The summed E-state index contributed by atoms with van der Waals surface area (Å²) < 4.78 is 26.0. The summed E-state index contributed by atoms with van der Waals surface area (Å²) in [4.78, 5) is 24.1. The van der Waals surface area contributed by atoms with E-state index < -0.39 is 16.0 Å². The molecule has 116 valence electrons. The molecule has 1 fully saturated rings. The lowest BCUT2D eigenvalue weighted by Crippen LogP contribution is -2.49. The highest BCUT2D eigenvalue weighted by molar-refractivity contribution is 7.91. The van der Waals surface area contributed by atoms with Gasteiger partial charge in [-0.2, -0.15) is 0 Å². The first-order valence-electron chi connectivity index (χ1n) is 6.21. The summed E-state index contributed by atoms with van der Waals surface area (Å²) >= 11 is 0.650. The first kappa shape index (κ1) is 15.9. The van der Waals surface area contributed by atoms with Gasteiger partial charge < -0.3 is 15.3 Å². The zero-order valence-electron chi connectivity index (χ0n) is 11.0. The van der Waals surface area contributed by atoms with Crippen LogP contribution in [0.5, 0.6) is 0 Å². The number of carbonyl (C=O) groups is 2. The molecule has 1 aromatic heterocycles. The SMILES string of the molecule is O=C(O)c1ccc(S(=O)(=O)NCC(=O)N2CCNCC2)s1. The predicted molar refractivity (Wildman–Crippen MR) is 75.9 cm³/mol. The van der Waals surface area contributed by atoms with Gasteiger partial charge >= 0.3 is 5.97 Å². The normalized spacial score (nSPS) is 15.9. The third-order valence-corrected chi connectivity index (χ3v) is 5.91. The maximum atomic E-state index is 12.0. The van der Waals surface area contributed by atoms with Gasteiger partial charge in [0.25, 0.3) is 10.0 Å². The number of carbonyl (C=O) groups excluding carboxylic acids is 1. The number of rotatable bonds is 5. The Morgan fingerprint density at radius 2 is 2.00 bits per heavy atom. The highest BCUT2D eigenvalue weighted by atomic mass is 32.2. The minimum atomic E-state index is -3.86. The second-order valence-electron chi connectivity index (χ2n) is 4.38. The van der Waals surface area contributed by atoms with Crippen LogP contribution in [0, 0.1) is 0 Å². The van der Waals surface area contributed by atoms with Gasteiger partial charge in [-0.05, 0) is 12.1 Å². The van der Waals surface area contributed by atoms with Crippen molar-refractivity contribution in [2.24, 2.45) is 0 Å². The number of thiophene rings is 1. The van der Waals surface area contributed by atoms with Crippen LogP contribution in [0.2, 0.25) is 0 Å². The molecule has 0 spiro atoms. The molecule has 3 N–H and O–H groups in total. The number of carboxylic acid groups (broad SMARTS) is 1. The molecule has 0 saturated carbocycles. The number of nitrogens with zero attached hydrogens (tertiary/aromatic N) is 1. The lowest BCUT2D eigenvalue weighted by molar-refractivity contribution is -0.130. The molecule has 0 bridgehead atoms. The molecule has 10 heteroatoms. The molecule has 1 aliphatic rings. The summed E-state index contributed by atoms with van der Waals surface area (Å²) in [5.74, 6) is -1.48. The van der Waals surface area contributed by atoms with Crippen LogP contribution in [0.15, 0.2) is 16.3 Å². The van der Waals surface area contributed by atoms with E-state index in [1.54, 1.807) is 4.90 Å². The predicted octanol–water partition coefficient (Wildman–Crippen LogP) is -0.844. The fraction of sp³-hybridized carbons (Fsp3) is 0.455. The molecule has 21 heavy (non-hydrogen) atoms. The van der Waals surface area contributed by atoms with Crippen molar-refractivity contribution >= 4 is 33.2 Å². The Kier molecular flexibility index (Phi) is 4.93. The zero-order chi connectivity index (χ0) is 15.5. The van der Waals surface area contributed by atoms with Crippen LogP contribution in [-0.4, -0.2) is 63.0 Å². The lowest BCUT2D eigenvalue weighted by atomic mass is 10.3. The van der Waals surface area contributed by atoms with Crippen molar-refractivity contribution in [3.63, 3.8) is 0 Å². The molecule has 0 aromatic carbocycles. The fourth-order valence-electron chi connectivity index (χ4n) is 1.83. The van der Waals surface area contributed by atoms with Crippen molar-refractivity contribution in [1.82, 2.24) is 14.9 Å². The summed E-state index contributed by atoms with van der Waals surface area (Å²) in [6.45, 7) is 2.13. The van der Waals surface area contributed by atoms with Crippen molar-refractivity contribution in [2.75, 3.05) is 32.7 Å². The molecule has 2 rings (SSSR count). The molecule has 0 aliphatic carbocycles. The van der Waals surface area contributed by atoms with E-state index in [2.05, 4.69) is 10.0 Å². The van der Waals surface area contributed by atoms with Gasteiger partial charge in [-0.25, -0.2) is 17.9 Å². The van der Waals surface area contributed by atoms with E-state index in [0.717, 1.165) is 0 Å². The summed E-state index contributed by atoms with van der Waals surface area (Å²) in [5, 5.41) is 11.9. The van der Waals surface area contributed by atoms with E-state index in [1.165, 1.54) is 12.1 Å². The number of aromatic carboxylic acids is 1. The highest BCUT2D eigenvalue weighted by Gasteiger charge is 2.22. The van der Waals surface area contributed by atoms with Gasteiger partial charge in [-0.1, -0.05) is 0 Å². The number of carboxylic acids is 1. The number of hydrogen-bond donors (Lipinski definition) is 3. The van der Waals surface area contributed by atoms with Crippen molar-refractivity contribution in [1.29, 1.82) is 0 Å². The van der Waals surface area contributed by atoms with Crippen molar-refractivity contribution in [3.8, 4) is 0 Å². The minimum Gasteiger partial charge on any atom is -0.477 e. The van der Waals surface area contributed by atoms with E-state index >= 15 is 0 Å². The molecule has 0 unspecified atom stereocenters. The lowest BCUT2D eigenvalue weighted by Gasteiger charge is -2.27. The van der Waals surface area contributed by atoms with E-state index in [9.17, 15) is 18.0 Å². The Morgan fingerprint density at radius 3 is 2.57 bits per heavy atom. The third kappa shape index (κ3) is 4.00. The van der Waals surface area contributed by atoms with E-state index in [1.807, 2.05) is 0 Å². The van der Waals surface area contributed by atoms with Crippen LogP contribution >= 0.6 is 11.3 Å². The Labute approximate surface area is 125 Å². The van der Waals surface area contributed by atoms with Gasteiger partial charge in [-0.15, -0.1) is 11.3 Å². The average molecular weight is 333 g/mol. The molecule has 8 nitrogen and oxygen atoms in total. The second kappa shape index (κ2) is 6.52. The topological polar surface area (TPSA) is 116 Å². The van der Waals surface area contributed by atoms with Gasteiger partial charge in [-0.3, -0.25) is 4.79 Å². The molecule has 0 radical (unpaired) electrons.